The molecule has 1 aliphatic rings. The summed E-state index contributed by atoms with van der Waals surface area (Å²) in [4.78, 5) is 11.9. The zero-order chi connectivity index (χ0) is 13.6. The van der Waals surface area contributed by atoms with Gasteiger partial charge in [0.25, 0.3) is 5.91 Å². The number of benzene rings is 1. The molecule has 2 rings (SSSR count). The molecule has 1 aliphatic heterocycles. The van der Waals surface area contributed by atoms with Crippen molar-refractivity contribution in [1.29, 1.82) is 0 Å². The number of halogens is 4. The van der Waals surface area contributed by atoms with E-state index in [1.807, 2.05) is 0 Å². The second-order valence-electron chi connectivity index (χ2n) is 4.44. The maximum Gasteiger partial charge on any atom is 0.412 e. The molecule has 0 unspecified atom stereocenters. The Hall–Kier alpha value is -1.59. The zero-order valence-corrected chi connectivity index (χ0v) is 9.54. The third kappa shape index (κ3) is 1.95. The van der Waals surface area contributed by atoms with Gasteiger partial charge in [0, 0.05) is 6.54 Å². The molecule has 0 aromatic heterocycles. The van der Waals surface area contributed by atoms with E-state index in [-0.39, 0.29) is 6.54 Å². The van der Waals surface area contributed by atoms with Gasteiger partial charge in [0.05, 0.1) is 0 Å². The average Bonchev–Trinajstić information content (AvgIpc) is 2.27. The van der Waals surface area contributed by atoms with Gasteiger partial charge in [-0.2, -0.15) is 13.2 Å². The lowest BCUT2D eigenvalue weighted by Gasteiger charge is -2.49. The highest BCUT2D eigenvalue weighted by Crippen LogP contribution is 2.44. The number of rotatable bonds is 2. The van der Waals surface area contributed by atoms with Crippen LogP contribution in [0.25, 0.3) is 0 Å². The number of carbonyl (C=O) groups is 1. The van der Waals surface area contributed by atoms with Crippen LogP contribution in [0.5, 0.6) is 0 Å². The van der Waals surface area contributed by atoms with Gasteiger partial charge in [-0.1, -0.05) is 30.3 Å². The second-order valence-corrected chi connectivity index (χ2v) is 4.44. The number of amides is 1. The SMILES string of the molecule is C[C@]1(F)C(=O)N(Cc2ccccc2)[C@H]1C(F)(F)F. The molecule has 1 aromatic rings. The molecule has 0 N–H and O–H groups in total. The molecule has 1 aromatic carbocycles. The van der Waals surface area contributed by atoms with Crippen LogP contribution >= 0.6 is 0 Å². The van der Waals surface area contributed by atoms with Crippen molar-refractivity contribution in [2.24, 2.45) is 0 Å². The third-order valence-corrected chi connectivity index (χ3v) is 3.01. The minimum atomic E-state index is -4.76. The van der Waals surface area contributed by atoms with Crippen LogP contribution in [0.2, 0.25) is 0 Å². The van der Waals surface area contributed by atoms with Crippen molar-refractivity contribution >= 4 is 5.91 Å². The van der Waals surface area contributed by atoms with E-state index in [0.29, 0.717) is 17.4 Å². The highest BCUT2D eigenvalue weighted by molar-refractivity contribution is 5.92. The molecule has 1 saturated heterocycles. The summed E-state index contributed by atoms with van der Waals surface area (Å²) < 4.78 is 51.7. The minimum absolute atomic E-state index is 0.233. The molecule has 0 saturated carbocycles. The summed E-state index contributed by atoms with van der Waals surface area (Å²) in [6.07, 6.45) is -4.76. The summed E-state index contributed by atoms with van der Waals surface area (Å²) in [5.74, 6) is -1.12. The maximum atomic E-state index is 13.6. The Labute approximate surface area is 101 Å². The fourth-order valence-corrected chi connectivity index (χ4v) is 2.17. The van der Waals surface area contributed by atoms with Gasteiger partial charge in [-0.3, -0.25) is 4.79 Å². The Morgan fingerprint density at radius 1 is 1.28 bits per heavy atom. The molecule has 0 spiro atoms. The van der Waals surface area contributed by atoms with E-state index in [0.717, 1.165) is 0 Å². The number of hydrogen-bond acceptors (Lipinski definition) is 1. The van der Waals surface area contributed by atoms with Crippen LogP contribution in [0.3, 0.4) is 0 Å². The number of nitrogens with zero attached hydrogens (tertiary/aromatic N) is 1. The molecule has 0 aliphatic carbocycles. The Morgan fingerprint density at radius 3 is 2.33 bits per heavy atom. The summed E-state index contributed by atoms with van der Waals surface area (Å²) in [6.45, 7) is 0.443. The first-order valence-electron chi connectivity index (χ1n) is 5.35. The van der Waals surface area contributed by atoms with Gasteiger partial charge in [0.15, 0.2) is 6.04 Å². The van der Waals surface area contributed by atoms with Gasteiger partial charge < -0.3 is 4.90 Å². The second kappa shape index (κ2) is 3.96. The summed E-state index contributed by atoms with van der Waals surface area (Å²) >= 11 is 0. The molecule has 1 heterocycles. The smallest absolute Gasteiger partial charge is 0.320 e. The van der Waals surface area contributed by atoms with Crippen molar-refractivity contribution in [2.75, 3.05) is 0 Å². The highest BCUT2D eigenvalue weighted by Gasteiger charge is 2.69. The van der Waals surface area contributed by atoms with Crippen molar-refractivity contribution in [1.82, 2.24) is 4.90 Å². The van der Waals surface area contributed by atoms with Crippen LogP contribution in [-0.4, -0.2) is 28.7 Å². The van der Waals surface area contributed by atoms with Gasteiger partial charge in [0.2, 0.25) is 5.67 Å². The first-order chi connectivity index (χ1) is 8.24. The normalized spacial score (nSPS) is 28.2. The van der Waals surface area contributed by atoms with Crippen LogP contribution < -0.4 is 0 Å². The summed E-state index contributed by atoms with van der Waals surface area (Å²) in [7, 11) is 0. The lowest BCUT2D eigenvalue weighted by atomic mass is 9.84. The fourth-order valence-electron chi connectivity index (χ4n) is 2.17. The number of carbonyl (C=O) groups excluding carboxylic acids is 1. The van der Waals surface area contributed by atoms with E-state index in [2.05, 4.69) is 0 Å². The average molecular weight is 261 g/mol. The van der Waals surface area contributed by atoms with Gasteiger partial charge >= 0.3 is 6.18 Å². The Balaban J connectivity index is 2.21. The fraction of sp³-hybridized carbons (Fsp3) is 0.417. The molecule has 0 radical (unpaired) electrons. The first-order valence-corrected chi connectivity index (χ1v) is 5.35. The van der Waals surface area contributed by atoms with E-state index < -0.39 is 23.8 Å². The Kier molecular flexibility index (Phi) is 2.83. The summed E-state index contributed by atoms with van der Waals surface area (Å²) in [6, 6.07) is 5.83. The molecular formula is C12H11F4NO. The van der Waals surface area contributed by atoms with Crippen molar-refractivity contribution in [2.45, 2.75) is 31.4 Å². The monoisotopic (exact) mass is 261 g/mol. The maximum absolute atomic E-state index is 13.6. The van der Waals surface area contributed by atoms with E-state index >= 15 is 0 Å². The van der Waals surface area contributed by atoms with Crippen LogP contribution in [0.4, 0.5) is 17.6 Å². The van der Waals surface area contributed by atoms with E-state index in [1.54, 1.807) is 30.3 Å². The van der Waals surface area contributed by atoms with E-state index in [4.69, 9.17) is 0 Å². The standard InChI is InChI=1S/C12H11F4NO/c1-11(13)9(12(14,15)16)17(10(11)18)7-8-5-3-2-4-6-8/h2-6,9H,7H2,1H3/t9-,11-/m1/s1. The molecule has 98 valence electrons. The molecule has 1 fully saturated rings. The highest BCUT2D eigenvalue weighted by atomic mass is 19.4. The summed E-state index contributed by atoms with van der Waals surface area (Å²) in [5, 5.41) is 0. The van der Waals surface area contributed by atoms with E-state index in [9.17, 15) is 22.4 Å². The first kappa shape index (κ1) is 12.9. The van der Waals surface area contributed by atoms with Crippen molar-refractivity contribution in [3.05, 3.63) is 35.9 Å². The Bertz CT molecular complexity index is 455. The molecule has 6 heteroatoms. The number of β-lactam (4-membered cyclic amide) rings is 1. The third-order valence-electron chi connectivity index (χ3n) is 3.01. The molecule has 18 heavy (non-hydrogen) atoms. The Morgan fingerprint density at radius 2 is 1.83 bits per heavy atom. The lowest BCUT2D eigenvalue weighted by molar-refractivity contribution is -0.253. The van der Waals surface area contributed by atoms with Gasteiger partial charge in [-0.25, -0.2) is 4.39 Å². The zero-order valence-electron chi connectivity index (χ0n) is 9.54. The number of likely N-dealkylation sites (tertiary alicyclic amines) is 1. The van der Waals surface area contributed by atoms with Gasteiger partial charge in [-0.05, 0) is 12.5 Å². The van der Waals surface area contributed by atoms with Crippen molar-refractivity contribution in [3.8, 4) is 0 Å². The largest absolute Gasteiger partial charge is 0.412 e. The van der Waals surface area contributed by atoms with Crippen molar-refractivity contribution in [3.63, 3.8) is 0 Å². The van der Waals surface area contributed by atoms with Crippen LogP contribution in [0.15, 0.2) is 30.3 Å². The predicted octanol–water partition coefficient (Wildman–Crippen LogP) is 2.69. The van der Waals surface area contributed by atoms with Gasteiger partial charge in [-0.15, -0.1) is 0 Å². The molecule has 1 amide bonds. The van der Waals surface area contributed by atoms with Crippen LogP contribution in [0.1, 0.15) is 12.5 Å². The van der Waals surface area contributed by atoms with Gasteiger partial charge in [0.1, 0.15) is 0 Å². The lowest BCUT2D eigenvalue weighted by Crippen LogP contribution is -2.74. The number of alkyl halides is 4. The quantitative estimate of drug-likeness (QED) is 0.592. The van der Waals surface area contributed by atoms with Crippen molar-refractivity contribution < 1.29 is 22.4 Å². The summed E-state index contributed by atoms with van der Waals surface area (Å²) in [5.41, 5.74) is -2.32. The predicted molar refractivity (Wildman–Crippen MR) is 56.3 cm³/mol. The molecule has 0 bridgehead atoms. The molecule has 2 nitrogen and oxygen atoms in total. The molecular weight excluding hydrogens is 250 g/mol. The van der Waals surface area contributed by atoms with E-state index in [1.165, 1.54) is 0 Å². The minimum Gasteiger partial charge on any atom is -0.320 e. The van der Waals surface area contributed by atoms with Crippen LogP contribution in [0, 0.1) is 0 Å². The number of hydrogen-bond donors (Lipinski definition) is 0. The topological polar surface area (TPSA) is 20.3 Å². The molecule has 2 atom stereocenters. The van der Waals surface area contributed by atoms with Crippen LogP contribution in [-0.2, 0) is 11.3 Å².